The normalized spacial score (nSPS) is 17.1. The Labute approximate surface area is 237 Å². The Balaban J connectivity index is 1.46. The zero-order valence-electron chi connectivity index (χ0n) is 22.8. The Morgan fingerprint density at radius 2 is 1.64 bits per heavy atom. The van der Waals surface area contributed by atoms with Crippen molar-refractivity contribution >= 4 is 35.6 Å². The quantitative estimate of drug-likeness (QED) is 0.439. The topological polar surface area (TPSA) is 151 Å². The Bertz CT molecular complexity index is 1500. The molecule has 1 saturated heterocycles. The molecule has 0 spiro atoms. The summed E-state index contributed by atoms with van der Waals surface area (Å²) in [7, 11) is 0. The molecule has 42 heavy (non-hydrogen) atoms. The highest BCUT2D eigenvalue weighted by Gasteiger charge is 2.44. The number of nitrogens with zero attached hydrogens (tertiary/aromatic N) is 1. The number of halogens is 3. The number of rotatable bonds is 6. The minimum absolute atomic E-state index is 0.0408. The van der Waals surface area contributed by atoms with Crippen LogP contribution in [0.5, 0.6) is 0 Å². The number of benzene rings is 2. The van der Waals surface area contributed by atoms with E-state index in [9.17, 15) is 41.9 Å². The van der Waals surface area contributed by atoms with Crippen molar-refractivity contribution in [1.29, 1.82) is 0 Å². The number of hydrogen-bond donors (Lipinski definition) is 3. The van der Waals surface area contributed by atoms with Crippen LogP contribution < -0.4 is 16.0 Å². The molecule has 2 aromatic rings. The van der Waals surface area contributed by atoms with Gasteiger partial charge in [-0.25, -0.2) is 4.79 Å². The van der Waals surface area contributed by atoms with Gasteiger partial charge in [-0.3, -0.25) is 34.2 Å². The van der Waals surface area contributed by atoms with Crippen LogP contribution in [0.25, 0.3) is 0 Å². The van der Waals surface area contributed by atoms with Gasteiger partial charge in [0.1, 0.15) is 11.6 Å². The molecule has 1 unspecified atom stereocenters. The smallest absolute Gasteiger partial charge is 0.416 e. The lowest BCUT2D eigenvalue weighted by Gasteiger charge is -2.27. The van der Waals surface area contributed by atoms with Crippen LogP contribution in [0.15, 0.2) is 36.4 Å². The third-order valence-corrected chi connectivity index (χ3v) is 6.46. The first-order valence-corrected chi connectivity index (χ1v) is 12.8. The predicted molar refractivity (Wildman–Crippen MR) is 139 cm³/mol. The summed E-state index contributed by atoms with van der Waals surface area (Å²) in [4.78, 5) is 74.9. The standard InChI is InChI=1S/C28H27F3N4O7/c1-27(2,3)42-26(41)33-12-14-4-5-16(19(10-14)28(29,30)31)13-32-22(37)15-6-7-17-18(11-15)25(40)35(24(17)39)20-8-9-21(36)34-23(20)38/h4-7,10-11,20H,8-9,12-13H2,1-3H3,(H,32,37)(H,33,41)(H,34,36,38). The number of carbonyl (C=O) groups is 6. The van der Waals surface area contributed by atoms with Gasteiger partial charge in [0.05, 0.1) is 16.7 Å². The summed E-state index contributed by atoms with van der Waals surface area (Å²) < 4.78 is 46.5. The zero-order chi connectivity index (χ0) is 31.0. The second-order valence-corrected chi connectivity index (χ2v) is 10.7. The largest absolute Gasteiger partial charge is 0.444 e. The molecule has 0 aliphatic carbocycles. The first kappa shape index (κ1) is 30.2. The van der Waals surface area contributed by atoms with E-state index in [0.717, 1.165) is 17.0 Å². The number of piperidine rings is 1. The first-order valence-electron chi connectivity index (χ1n) is 12.8. The van der Waals surface area contributed by atoms with Crippen LogP contribution in [-0.2, 0) is 33.6 Å². The monoisotopic (exact) mass is 588 g/mol. The minimum Gasteiger partial charge on any atom is -0.444 e. The Morgan fingerprint density at radius 1 is 0.952 bits per heavy atom. The van der Waals surface area contributed by atoms with E-state index >= 15 is 0 Å². The van der Waals surface area contributed by atoms with Gasteiger partial charge in [-0.15, -0.1) is 0 Å². The molecule has 222 valence electrons. The van der Waals surface area contributed by atoms with Crippen molar-refractivity contribution in [2.45, 2.75) is 64.5 Å². The summed E-state index contributed by atoms with van der Waals surface area (Å²) in [5.41, 5.74) is -2.16. The van der Waals surface area contributed by atoms with E-state index in [0.29, 0.717) is 0 Å². The molecule has 1 atom stereocenters. The molecule has 0 radical (unpaired) electrons. The SMILES string of the molecule is CC(C)(C)OC(=O)NCc1ccc(CNC(=O)c2ccc3c(c2)C(=O)N(C2CCC(=O)NC2=O)C3=O)c(C(F)(F)F)c1. The highest BCUT2D eigenvalue weighted by atomic mass is 19.4. The molecule has 0 aromatic heterocycles. The van der Waals surface area contributed by atoms with Gasteiger partial charge in [-0.05, 0) is 62.6 Å². The van der Waals surface area contributed by atoms with Gasteiger partial charge in [0.2, 0.25) is 11.8 Å². The highest BCUT2D eigenvalue weighted by Crippen LogP contribution is 2.33. The summed E-state index contributed by atoms with van der Waals surface area (Å²) in [5, 5.41) is 6.86. The third kappa shape index (κ3) is 6.58. The van der Waals surface area contributed by atoms with Crippen molar-refractivity contribution in [2.75, 3.05) is 0 Å². The number of fused-ring (bicyclic) bond motifs is 1. The fraction of sp³-hybridized carbons (Fsp3) is 0.357. The van der Waals surface area contributed by atoms with Crippen LogP contribution >= 0.6 is 0 Å². The third-order valence-electron chi connectivity index (χ3n) is 6.46. The fourth-order valence-corrected chi connectivity index (χ4v) is 4.53. The lowest BCUT2D eigenvalue weighted by molar-refractivity contribution is -0.138. The number of amides is 6. The maximum Gasteiger partial charge on any atom is 0.416 e. The van der Waals surface area contributed by atoms with Gasteiger partial charge in [0.25, 0.3) is 17.7 Å². The number of ether oxygens (including phenoxy) is 1. The molecule has 0 bridgehead atoms. The van der Waals surface area contributed by atoms with Crippen molar-refractivity contribution in [3.63, 3.8) is 0 Å². The average Bonchev–Trinajstić information content (AvgIpc) is 3.14. The van der Waals surface area contributed by atoms with Gasteiger partial charge in [-0.1, -0.05) is 12.1 Å². The molecule has 2 aliphatic heterocycles. The number of imide groups is 2. The summed E-state index contributed by atoms with van der Waals surface area (Å²) in [6, 6.07) is 5.83. The number of nitrogens with one attached hydrogen (secondary N) is 3. The maximum atomic E-state index is 13.8. The molecule has 6 amide bonds. The van der Waals surface area contributed by atoms with E-state index in [1.807, 2.05) is 0 Å². The lowest BCUT2D eigenvalue weighted by atomic mass is 10.0. The van der Waals surface area contributed by atoms with Crippen LogP contribution in [-0.4, -0.2) is 52.2 Å². The number of hydrogen-bond acceptors (Lipinski definition) is 7. The van der Waals surface area contributed by atoms with Gasteiger partial charge in [0, 0.05) is 25.1 Å². The van der Waals surface area contributed by atoms with Gasteiger partial charge >= 0.3 is 12.3 Å². The molecule has 3 N–H and O–H groups in total. The molecular weight excluding hydrogens is 561 g/mol. The molecule has 4 rings (SSSR count). The van der Waals surface area contributed by atoms with Gasteiger partial charge < -0.3 is 15.4 Å². The van der Waals surface area contributed by atoms with E-state index < -0.39 is 65.6 Å². The van der Waals surface area contributed by atoms with Crippen LogP contribution in [0.3, 0.4) is 0 Å². The van der Waals surface area contributed by atoms with Crippen LogP contribution in [0.1, 0.15) is 81.4 Å². The molecular formula is C28H27F3N4O7. The van der Waals surface area contributed by atoms with Crippen LogP contribution in [0.2, 0.25) is 0 Å². The predicted octanol–water partition coefficient (Wildman–Crippen LogP) is 3.06. The van der Waals surface area contributed by atoms with E-state index in [1.165, 1.54) is 24.3 Å². The molecule has 2 heterocycles. The highest BCUT2D eigenvalue weighted by molar-refractivity contribution is 6.24. The van der Waals surface area contributed by atoms with Crippen molar-refractivity contribution < 1.29 is 46.7 Å². The number of alkyl carbamates (subject to hydrolysis) is 1. The van der Waals surface area contributed by atoms with Gasteiger partial charge in [-0.2, -0.15) is 13.2 Å². The van der Waals surface area contributed by atoms with E-state index in [1.54, 1.807) is 20.8 Å². The van der Waals surface area contributed by atoms with Crippen molar-refractivity contribution in [2.24, 2.45) is 0 Å². The second kappa shape index (κ2) is 11.3. The van der Waals surface area contributed by atoms with E-state index in [-0.39, 0.29) is 47.2 Å². The molecule has 1 fully saturated rings. The van der Waals surface area contributed by atoms with Crippen LogP contribution in [0.4, 0.5) is 18.0 Å². The molecule has 2 aliphatic rings. The van der Waals surface area contributed by atoms with Crippen molar-refractivity contribution in [1.82, 2.24) is 20.9 Å². The average molecular weight is 589 g/mol. The Hall–Kier alpha value is -4.75. The Morgan fingerprint density at radius 3 is 2.29 bits per heavy atom. The lowest BCUT2D eigenvalue weighted by Crippen LogP contribution is -2.54. The molecule has 2 aromatic carbocycles. The fourth-order valence-electron chi connectivity index (χ4n) is 4.53. The summed E-state index contributed by atoms with van der Waals surface area (Å²) in [5.74, 6) is -3.69. The molecule has 11 nitrogen and oxygen atoms in total. The molecule has 0 saturated carbocycles. The maximum absolute atomic E-state index is 13.8. The summed E-state index contributed by atoms with van der Waals surface area (Å²) in [6.07, 6.45) is -5.65. The van der Waals surface area contributed by atoms with Crippen LogP contribution in [0, 0.1) is 0 Å². The Kier molecular flexibility index (Phi) is 8.10. The van der Waals surface area contributed by atoms with Gasteiger partial charge in [0.15, 0.2) is 0 Å². The van der Waals surface area contributed by atoms with Crippen molar-refractivity contribution in [3.8, 4) is 0 Å². The number of carbonyl (C=O) groups excluding carboxylic acids is 6. The summed E-state index contributed by atoms with van der Waals surface area (Å²) >= 11 is 0. The first-order chi connectivity index (χ1) is 19.5. The van der Waals surface area contributed by atoms with E-state index in [2.05, 4.69) is 16.0 Å². The summed E-state index contributed by atoms with van der Waals surface area (Å²) in [6.45, 7) is 4.21. The minimum atomic E-state index is -4.76. The zero-order valence-corrected chi connectivity index (χ0v) is 22.8. The number of alkyl halides is 3. The molecule has 14 heteroatoms. The second-order valence-electron chi connectivity index (χ2n) is 10.7. The van der Waals surface area contributed by atoms with E-state index in [4.69, 9.17) is 4.74 Å². The van der Waals surface area contributed by atoms with Crippen molar-refractivity contribution in [3.05, 3.63) is 69.8 Å².